The molecule has 182 valence electrons. The lowest BCUT2D eigenvalue weighted by atomic mass is 9.66. The predicted octanol–water partition coefficient (Wildman–Crippen LogP) is 3.84. The highest BCUT2D eigenvalue weighted by Gasteiger charge is 2.34. The molecule has 2 N–H and O–H groups in total. The van der Waals surface area contributed by atoms with Crippen LogP contribution in [0.5, 0.6) is 0 Å². The third-order valence-electron chi connectivity index (χ3n) is 8.20. The van der Waals surface area contributed by atoms with Gasteiger partial charge in [-0.1, -0.05) is 54.0 Å². The highest BCUT2D eigenvalue weighted by molar-refractivity contribution is 5.95. The monoisotopic (exact) mass is 455 g/mol. The molecule has 0 unspecified atom stereocenters. The SMILES string of the molecule is CC[C@@H](C)C(C)(C)[C@@H](C)[C@@H](C)CNC(=O)c1cccc2nc(C(=O)N3CCNC[C@H]3C)cn12. The van der Waals surface area contributed by atoms with Crippen molar-refractivity contribution in [1.82, 2.24) is 24.9 Å². The third-order valence-corrected chi connectivity index (χ3v) is 8.20. The van der Waals surface area contributed by atoms with Gasteiger partial charge in [0.1, 0.15) is 17.0 Å². The standard InChI is InChI=1S/C26H41N5O2/c1-8-18(3)26(6,7)20(5)17(2)14-28-24(32)22-10-9-11-23-29-21(16-31(22)23)25(33)30-13-12-27-15-19(30)4/h9-11,16-20,27H,8,12-15H2,1-7H3,(H,28,32)/t17-,18+,19+,20-/m0/s1. The van der Waals surface area contributed by atoms with Crippen LogP contribution in [0.1, 0.15) is 75.9 Å². The summed E-state index contributed by atoms with van der Waals surface area (Å²) in [4.78, 5) is 32.5. The number of nitrogens with one attached hydrogen (secondary N) is 2. The molecule has 4 atom stereocenters. The molecule has 1 aliphatic rings. The van der Waals surface area contributed by atoms with Crippen molar-refractivity contribution in [3.05, 3.63) is 35.8 Å². The number of hydrogen-bond acceptors (Lipinski definition) is 4. The van der Waals surface area contributed by atoms with Gasteiger partial charge in [-0.05, 0) is 42.2 Å². The molecule has 3 rings (SSSR count). The van der Waals surface area contributed by atoms with E-state index in [1.807, 2.05) is 24.0 Å². The molecule has 0 bridgehead atoms. The summed E-state index contributed by atoms with van der Waals surface area (Å²) in [5.74, 6) is 1.18. The number of carbonyl (C=O) groups is 2. The van der Waals surface area contributed by atoms with Crippen molar-refractivity contribution in [2.24, 2.45) is 23.2 Å². The molecule has 7 heteroatoms. The first-order chi connectivity index (χ1) is 15.6. The van der Waals surface area contributed by atoms with Crippen LogP contribution in [0, 0.1) is 23.2 Å². The Morgan fingerprint density at radius 1 is 1.27 bits per heavy atom. The van der Waals surface area contributed by atoms with Crippen LogP contribution in [0.3, 0.4) is 0 Å². The van der Waals surface area contributed by atoms with Gasteiger partial charge in [-0.3, -0.25) is 14.0 Å². The Morgan fingerprint density at radius 2 is 2.00 bits per heavy atom. The summed E-state index contributed by atoms with van der Waals surface area (Å²) in [6.07, 6.45) is 2.84. The molecule has 3 heterocycles. The highest BCUT2D eigenvalue weighted by atomic mass is 16.2. The van der Waals surface area contributed by atoms with Gasteiger partial charge in [0.05, 0.1) is 0 Å². The minimum Gasteiger partial charge on any atom is -0.350 e. The Labute approximate surface area is 198 Å². The fourth-order valence-electron chi connectivity index (χ4n) is 4.82. The Kier molecular flexibility index (Phi) is 7.83. The second kappa shape index (κ2) is 10.2. The van der Waals surface area contributed by atoms with Crippen molar-refractivity contribution in [3.8, 4) is 0 Å². The molecule has 7 nitrogen and oxygen atoms in total. The van der Waals surface area contributed by atoms with Crippen molar-refractivity contribution >= 4 is 17.5 Å². The summed E-state index contributed by atoms with van der Waals surface area (Å²) in [7, 11) is 0. The van der Waals surface area contributed by atoms with Crippen LogP contribution in [-0.2, 0) is 0 Å². The largest absolute Gasteiger partial charge is 0.350 e. The van der Waals surface area contributed by atoms with E-state index in [9.17, 15) is 9.59 Å². The summed E-state index contributed by atoms with van der Waals surface area (Å²) < 4.78 is 1.73. The number of fused-ring (bicyclic) bond motifs is 1. The lowest BCUT2D eigenvalue weighted by Gasteiger charge is -2.40. The maximum atomic E-state index is 13.1. The Bertz CT molecular complexity index is 982. The minimum absolute atomic E-state index is 0.0891. The van der Waals surface area contributed by atoms with E-state index in [4.69, 9.17) is 0 Å². The number of hydrogen-bond donors (Lipinski definition) is 2. The van der Waals surface area contributed by atoms with E-state index in [0.29, 0.717) is 47.9 Å². The van der Waals surface area contributed by atoms with Crippen molar-refractivity contribution in [1.29, 1.82) is 0 Å². The number of imidazole rings is 1. The van der Waals surface area contributed by atoms with Gasteiger partial charge >= 0.3 is 0 Å². The van der Waals surface area contributed by atoms with Crippen LogP contribution in [0.25, 0.3) is 5.65 Å². The van der Waals surface area contributed by atoms with Crippen LogP contribution >= 0.6 is 0 Å². The van der Waals surface area contributed by atoms with Gasteiger partial charge in [0.15, 0.2) is 0 Å². The van der Waals surface area contributed by atoms with Gasteiger partial charge in [-0.2, -0.15) is 0 Å². The molecule has 0 aliphatic carbocycles. The second-order valence-electron chi connectivity index (χ2n) is 10.4. The number of aromatic nitrogens is 2. The van der Waals surface area contributed by atoms with Gasteiger partial charge in [-0.25, -0.2) is 4.98 Å². The summed E-state index contributed by atoms with van der Waals surface area (Å²) in [6, 6.07) is 5.54. The summed E-state index contributed by atoms with van der Waals surface area (Å²) in [5.41, 5.74) is 1.67. The van der Waals surface area contributed by atoms with E-state index >= 15 is 0 Å². The number of piperazine rings is 1. The molecule has 2 amide bonds. The molecule has 1 saturated heterocycles. The maximum Gasteiger partial charge on any atom is 0.274 e. The van der Waals surface area contributed by atoms with E-state index in [2.05, 4.69) is 57.2 Å². The molecule has 1 fully saturated rings. The molecule has 0 spiro atoms. The van der Waals surface area contributed by atoms with Crippen LogP contribution in [0.4, 0.5) is 0 Å². The van der Waals surface area contributed by atoms with E-state index in [1.165, 1.54) is 0 Å². The first-order valence-electron chi connectivity index (χ1n) is 12.4. The summed E-state index contributed by atoms with van der Waals surface area (Å²) >= 11 is 0. The van der Waals surface area contributed by atoms with Crippen molar-refractivity contribution in [2.75, 3.05) is 26.2 Å². The number of pyridine rings is 1. The van der Waals surface area contributed by atoms with E-state index in [0.717, 1.165) is 19.5 Å². The normalized spacial score (nSPS) is 19.8. The molecular weight excluding hydrogens is 414 g/mol. The molecule has 0 radical (unpaired) electrons. The van der Waals surface area contributed by atoms with Crippen LogP contribution < -0.4 is 10.6 Å². The molecule has 0 saturated carbocycles. The van der Waals surface area contributed by atoms with Gasteiger partial charge in [0.25, 0.3) is 11.8 Å². The van der Waals surface area contributed by atoms with E-state index in [-0.39, 0.29) is 23.3 Å². The lowest BCUT2D eigenvalue weighted by molar-refractivity contribution is 0.0650. The summed E-state index contributed by atoms with van der Waals surface area (Å²) in [5, 5.41) is 6.42. The number of rotatable bonds is 8. The fraction of sp³-hybridized carbons (Fsp3) is 0.654. The maximum absolute atomic E-state index is 13.1. The fourth-order valence-corrected chi connectivity index (χ4v) is 4.82. The number of amides is 2. The summed E-state index contributed by atoms with van der Waals surface area (Å²) in [6.45, 7) is 18.5. The first kappa shape index (κ1) is 25.2. The van der Waals surface area contributed by atoms with Crippen LogP contribution in [0.2, 0.25) is 0 Å². The minimum atomic E-state index is -0.145. The quantitative estimate of drug-likeness (QED) is 0.634. The Balaban J connectivity index is 1.73. The second-order valence-corrected chi connectivity index (χ2v) is 10.4. The predicted molar refractivity (Wildman–Crippen MR) is 132 cm³/mol. The van der Waals surface area contributed by atoms with Crippen molar-refractivity contribution in [3.63, 3.8) is 0 Å². The molecular formula is C26H41N5O2. The molecule has 2 aromatic heterocycles. The first-order valence-corrected chi connectivity index (χ1v) is 12.4. The molecule has 2 aromatic rings. The molecule has 33 heavy (non-hydrogen) atoms. The smallest absolute Gasteiger partial charge is 0.274 e. The van der Waals surface area contributed by atoms with Gasteiger partial charge < -0.3 is 15.5 Å². The topological polar surface area (TPSA) is 78.7 Å². The zero-order chi connectivity index (χ0) is 24.3. The average molecular weight is 456 g/mol. The van der Waals surface area contributed by atoms with Gasteiger partial charge in [-0.15, -0.1) is 0 Å². The van der Waals surface area contributed by atoms with Crippen LogP contribution in [-0.4, -0.2) is 58.3 Å². The zero-order valence-electron chi connectivity index (χ0n) is 21.3. The third kappa shape index (κ3) is 5.24. The molecule has 0 aromatic carbocycles. The number of nitrogens with zero attached hydrogens (tertiary/aromatic N) is 3. The van der Waals surface area contributed by atoms with E-state index in [1.54, 1.807) is 16.7 Å². The van der Waals surface area contributed by atoms with Crippen LogP contribution in [0.15, 0.2) is 24.4 Å². The van der Waals surface area contributed by atoms with Gasteiger partial charge in [0, 0.05) is 38.4 Å². The highest BCUT2D eigenvalue weighted by Crippen LogP contribution is 2.40. The van der Waals surface area contributed by atoms with Crippen molar-refractivity contribution < 1.29 is 9.59 Å². The molecule has 1 aliphatic heterocycles. The van der Waals surface area contributed by atoms with E-state index < -0.39 is 0 Å². The lowest BCUT2D eigenvalue weighted by Crippen LogP contribution is -2.52. The zero-order valence-corrected chi connectivity index (χ0v) is 21.3. The Morgan fingerprint density at radius 3 is 2.67 bits per heavy atom. The van der Waals surface area contributed by atoms with Gasteiger partial charge in [0.2, 0.25) is 0 Å². The Hall–Kier alpha value is -2.41. The average Bonchev–Trinajstić information content (AvgIpc) is 3.25. The van der Waals surface area contributed by atoms with Crippen molar-refractivity contribution in [2.45, 2.75) is 60.9 Å². The number of carbonyl (C=O) groups excluding carboxylic acids is 2.